The van der Waals surface area contributed by atoms with E-state index in [0.717, 1.165) is 0 Å². The molecular formula is C14H21N3O4. The fraction of sp³-hybridized carbons (Fsp3) is 0.500. The predicted octanol–water partition coefficient (Wildman–Crippen LogP) is 1.42. The predicted molar refractivity (Wildman–Crippen MR) is 79.1 cm³/mol. The number of aromatic nitrogens is 1. The van der Waals surface area contributed by atoms with Crippen molar-refractivity contribution in [1.82, 2.24) is 4.98 Å². The summed E-state index contributed by atoms with van der Waals surface area (Å²) in [6.07, 6.45) is 0.888. The fourth-order valence-corrected chi connectivity index (χ4v) is 1.52. The van der Waals surface area contributed by atoms with Gasteiger partial charge in [-0.3, -0.25) is 9.59 Å². The highest BCUT2D eigenvalue weighted by molar-refractivity contribution is 5.99. The molecule has 116 valence electrons. The zero-order chi connectivity index (χ0) is 15.7. The normalized spacial score (nSPS) is 11.8. The van der Waals surface area contributed by atoms with Gasteiger partial charge in [-0.05, 0) is 26.0 Å². The van der Waals surface area contributed by atoms with Crippen LogP contribution in [0.5, 0.6) is 0 Å². The maximum atomic E-state index is 12.0. The molecule has 0 aromatic carbocycles. The first-order valence-electron chi connectivity index (χ1n) is 6.77. The van der Waals surface area contributed by atoms with Gasteiger partial charge in [0, 0.05) is 19.7 Å². The van der Waals surface area contributed by atoms with Crippen LogP contribution in [0.4, 0.5) is 11.5 Å². The third-order valence-corrected chi connectivity index (χ3v) is 2.53. The number of pyridine rings is 1. The topological polar surface area (TPSA) is 89.6 Å². The van der Waals surface area contributed by atoms with Crippen molar-refractivity contribution in [2.45, 2.75) is 26.9 Å². The summed E-state index contributed by atoms with van der Waals surface area (Å²) in [6, 6.07) is 3.33. The van der Waals surface area contributed by atoms with Crippen LogP contribution in [0.25, 0.3) is 0 Å². The van der Waals surface area contributed by atoms with Crippen molar-refractivity contribution < 1.29 is 19.1 Å². The van der Waals surface area contributed by atoms with E-state index in [1.54, 1.807) is 19.1 Å². The highest BCUT2D eigenvalue weighted by Gasteiger charge is 2.16. The van der Waals surface area contributed by atoms with Gasteiger partial charge in [-0.1, -0.05) is 0 Å². The molecule has 1 unspecified atom stereocenters. The maximum absolute atomic E-state index is 12.0. The summed E-state index contributed by atoms with van der Waals surface area (Å²) in [5.74, 6) is -0.283. The first kappa shape index (κ1) is 17.1. The number of anilines is 2. The molecule has 0 saturated heterocycles. The van der Waals surface area contributed by atoms with Gasteiger partial charge < -0.3 is 20.1 Å². The van der Waals surface area contributed by atoms with Crippen molar-refractivity contribution in [2.75, 3.05) is 30.5 Å². The second-order valence-electron chi connectivity index (χ2n) is 4.28. The van der Waals surface area contributed by atoms with Gasteiger partial charge in [0.05, 0.1) is 18.9 Å². The molecule has 1 heterocycles. The average Bonchev–Trinajstić information content (AvgIpc) is 2.45. The van der Waals surface area contributed by atoms with E-state index < -0.39 is 6.10 Å². The minimum Gasteiger partial charge on any atom is -0.379 e. The first-order valence-corrected chi connectivity index (χ1v) is 6.77. The van der Waals surface area contributed by atoms with E-state index in [9.17, 15) is 9.59 Å². The molecule has 1 aromatic rings. The molecule has 0 bridgehead atoms. The number of rotatable bonds is 8. The smallest absolute Gasteiger partial charge is 0.254 e. The van der Waals surface area contributed by atoms with Gasteiger partial charge in [0.2, 0.25) is 5.91 Å². The minimum absolute atomic E-state index is 0.237. The number of carbonyl (C=O) groups is 2. The van der Waals surface area contributed by atoms with Gasteiger partial charge >= 0.3 is 0 Å². The van der Waals surface area contributed by atoms with Crippen LogP contribution in [0.1, 0.15) is 20.8 Å². The molecule has 1 atom stereocenters. The second kappa shape index (κ2) is 9.04. The molecule has 0 spiro atoms. The fourth-order valence-electron chi connectivity index (χ4n) is 1.52. The summed E-state index contributed by atoms with van der Waals surface area (Å²) < 4.78 is 10.5. The number of hydrogen-bond donors (Lipinski definition) is 2. The van der Waals surface area contributed by atoms with Crippen LogP contribution in [-0.4, -0.2) is 42.7 Å². The van der Waals surface area contributed by atoms with Crippen molar-refractivity contribution in [2.24, 2.45) is 0 Å². The molecule has 1 aromatic heterocycles. The molecule has 0 radical (unpaired) electrons. The van der Waals surface area contributed by atoms with Crippen molar-refractivity contribution >= 4 is 23.3 Å². The van der Waals surface area contributed by atoms with Crippen molar-refractivity contribution in [1.29, 1.82) is 0 Å². The van der Waals surface area contributed by atoms with Gasteiger partial charge in [0.15, 0.2) is 5.82 Å². The Morgan fingerprint density at radius 1 is 1.33 bits per heavy atom. The molecule has 0 fully saturated rings. The Balaban J connectivity index is 2.55. The maximum Gasteiger partial charge on any atom is 0.254 e. The molecule has 7 nitrogen and oxygen atoms in total. The quantitative estimate of drug-likeness (QED) is 0.708. The highest BCUT2D eigenvalue weighted by atomic mass is 16.5. The van der Waals surface area contributed by atoms with E-state index in [-0.39, 0.29) is 17.6 Å². The molecule has 2 N–H and O–H groups in total. The molecule has 0 saturated carbocycles. The van der Waals surface area contributed by atoms with Crippen LogP contribution in [0.2, 0.25) is 0 Å². The van der Waals surface area contributed by atoms with E-state index in [0.29, 0.717) is 25.5 Å². The Hall–Kier alpha value is -1.99. The third-order valence-electron chi connectivity index (χ3n) is 2.53. The zero-order valence-corrected chi connectivity index (χ0v) is 12.5. The Morgan fingerprint density at radius 3 is 2.76 bits per heavy atom. The monoisotopic (exact) mass is 295 g/mol. The van der Waals surface area contributed by atoms with Gasteiger partial charge in [-0.2, -0.15) is 0 Å². The molecule has 21 heavy (non-hydrogen) atoms. The lowest BCUT2D eigenvalue weighted by molar-refractivity contribution is -0.127. The summed E-state index contributed by atoms with van der Waals surface area (Å²) in [4.78, 5) is 27.1. The van der Waals surface area contributed by atoms with E-state index >= 15 is 0 Å². The van der Waals surface area contributed by atoms with Crippen LogP contribution in [0.3, 0.4) is 0 Å². The van der Waals surface area contributed by atoms with E-state index in [2.05, 4.69) is 15.6 Å². The van der Waals surface area contributed by atoms with Crippen LogP contribution < -0.4 is 10.6 Å². The number of carbonyl (C=O) groups excluding carboxylic acids is 2. The SMILES string of the molecule is CCOCCOC(C)C(=O)Nc1ncccc1NC(C)=O. The summed E-state index contributed by atoms with van der Waals surface area (Å²) in [5.41, 5.74) is 0.444. The Kier molecular flexibility index (Phi) is 7.34. The first-order chi connectivity index (χ1) is 10.0. The molecular weight excluding hydrogens is 274 g/mol. The molecule has 7 heteroatoms. The summed E-state index contributed by atoms with van der Waals surface area (Å²) >= 11 is 0. The van der Waals surface area contributed by atoms with Gasteiger partial charge in [-0.15, -0.1) is 0 Å². The lowest BCUT2D eigenvalue weighted by Crippen LogP contribution is -2.29. The number of ether oxygens (including phenoxy) is 2. The van der Waals surface area contributed by atoms with Gasteiger partial charge in [0.25, 0.3) is 5.91 Å². The average molecular weight is 295 g/mol. The number of nitrogens with zero attached hydrogens (tertiary/aromatic N) is 1. The summed E-state index contributed by atoms with van der Waals surface area (Å²) in [6.45, 7) is 6.30. The van der Waals surface area contributed by atoms with Crippen molar-refractivity contribution in [3.8, 4) is 0 Å². The second-order valence-corrected chi connectivity index (χ2v) is 4.28. The van der Waals surface area contributed by atoms with Gasteiger partial charge in [0.1, 0.15) is 6.10 Å². The molecule has 0 aliphatic heterocycles. The van der Waals surface area contributed by atoms with Crippen LogP contribution in [0, 0.1) is 0 Å². The standard InChI is InChI=1S/C14H21N3O4/c1-4-20-8-9-21-10(2)14(19)17-13-12(16-11(3)18)6-5-7-15-13/h5-7,10H,4,8-9H2,1-3H3,(H,16,18)(H,15,17,19). The van der Waals surface area contributed by atoms with Crippen molar-refractivity contribution in [3.63, 3.8) is 0 Å². The molecule has 2 amide bonds. The summed E-state index contributed by atoms with van der Waals surface area (Å²) in [5, 5.41) is 5.23. The Labute approximate surface area is 124 Å². The third kappa shape index (κ3) is 6.33. The van der Waals surface area contributed by atoms with Crippen LogP contribution in [-0.2, 0) is 19.1 Å². The van der Waals surface area contributed by atoms with Crippen molar-refractivity contribution in [3.05, 3.63) is 18.3 Å². The molecule has 0 aliphatic carbocycles. The number of hydrogen-bond acceptors (Lipinski definition) is 5. The number of amides is 2. The Bertz CT molecular complexity index is 479. The summed E-state index contributed by atoms with van der Waals surface area (Å²) in [7, 11) is 0. The van der Waals surface area contributed by atoms with Crippen LogP contribution >= 0.6 is 0 Å². The zero-order valence-electron chi connectivity index (χ0n) is 12.5. The Morgan fingerprint density at radius 2 is 2.10 bits per heavy atom. The molecule has 1 rings (SSSR count). The lowest BCUT2D eigenvalue weighted by atomic mass is 10.3. The van der Waals surface area contributed by atoms with Gasteiger partial charge in [-0.25, -0.2) is 4.98 Å². The van der Waals surface area contributed by atoms with E-state index in [1.165, 1.54) is 13.1 Å². The van der Waals surface area contributed by atoms with E-state index in [1.807, 2.05) is 6.92 Å². The minimum atomic E-state index is -0.641. The highest BCUT2D eigenvalue weighted by Crippen LogP contribution is 2.18. The van der Waals surface area contributed by atoms with Crippen LogP contribution in [0.15, 0.2) is 18.3 Å². The largest absolute Gasteiger partial charge is 0.379 e. The molecule has 0 aliphatic rings. The van der Waals surface area contributed by atoms with E-state index in [4.69, 9.17) is 9.47 Å². The lowest BCUT2D eigenvalue weighted by Gasteiger charge is -2.14. The number of nitrogens with one attached hydrogen (secondary N) is 2.